The van der Waals surface area contributed by atoms with Crippen molar-refractivity contribution in [3.05, 3.63) is 35.9 Å². The Morgan fingerprint density at radius 1 is 1.12 bits per heavy atom. The minimum absolute atomic E-state index is 0.0176. The number of urea groups is 1. The molecule has 1 fully saturated rings. The molecule has 0 bridgehead atoms. The van der Waals surface area contributed by atoms with Crippen molar-refractivity contribution in [3.8, 4) is 0 Å². The van der Waals surface area contributed by atoms with Crippen LogP contribution >= 0.6 is 0 Å². The molecule has 1 aliphatic heterocycles. The molecule has 0 saturated carbocycles. The van der Waals surface area contributed by atoms with Gasteiger partial charge >= 0.3 is 18.0 Å². The van der Waals surface area contributed by atoms with Crippen molar-refractivity contribution in [2.45, 2.75) is 44.3 Å². The Morgan fingerprint density at radius 3 is 2.35 bits per heavy atom. The van der Waals surface area contributed by atoms with E-state index in [1.165, 1.54) is 5.56 Å². The van der Waals surface area contributed by atoms with Crippen LogP contribution in [0, 0.1) is 0 Å². The van der Waals surface area contributed by atoms with Crippen LogP contribution in [0.4, 0.5) is 4.79 Å². The predicted molar refractivity (Wildman–Crippen MR) is 94.7 cm³/mol. The van der Waals surface area contributed by atoms with E-state index in [1.54, 1.807) is 0 Å². The zero-order valence-corrected chi connectivity index (χ0v) is 14.6. The summed E-state index contributed by atoms with van der Waals surface area (Å²) in [4.78, 5) is 36.0. The number of carboxylic acids is 2. The molecule has 1 atom stereocenters. The number of nitrogens with one attached hydrogen (secondary N) is 2. The van der Waals surface area contributed by atoms with Gasteiger partial charge in [0.2, 0.25) is 0 Å². The molecule has 0 spiro atoms. The van der Waals surface area contributed by atoms with Crippen LogP contribution in [-0.2, 0) is 16.1 Å². The summed E-state index contributed by atoms with van der Waals surface area (Å²) >= 11 is 0. The number of piperidine rings is 1. The lowest BCUT2D eigenvalue weighted by atomic mass is 10.0. The van der Waals surface area contributed by atoms with Crippen LogP contribution in [0.15, 0.2) is 30.3 Å². The highest BCUT2D eigenvalue weighted by atomic mass is 16.4. The first-order chi connectivity index (χ1) is 12.4. The van der Waals surface area contributed by atoms with Gasteiger partial charge in [-0.05, 0) is 24.8 Å². The van der Waals surface area contributed by atoms with E-state index in [4.69, 9.17) is 10.2 Å². The quantitative estimate of drug-likeness (QED) is 0.552. The fourth-order valence-corrected chi connectivity index (χ4v) is 2.99. The number of benzene rings is 1. The Morgan fingerprint density at radius 2 is 1.77 bits per heavy atom. The van der Waals surface area contributed by atoms with Crippen LogP contribution in [-0.4, -0.2) is 58.3 Å². The van der Waals surface area contributed by atoms with Crippen molar-refractivity contribution in [2.24, 2.45) is 0 Å². The third-order valence-corrected chi connectivity index (χ3v) is 4.42. The van der Waals surface area contributed by atoms with E-state index in [9.17, 15) is 14.4 Å². The second kappa shape index (κ2) is 9.76. The maximum Gasteiger partial charge on any atom is 0.326 e. The maximum atomic E-state index is 12.0. The van der Waals surface area contributed by atoms with Crippen molar-refractivity contribution in [2.75, 3.05) is 13.1 Å². The molecule has 26 heavy (non-hydrogen) atoms. The van der Waals surface area contributed by atoms with Gasteiger partial charge in [0.05, 0.1) is 0 Å². The van der Waals surface area contributed by atoms with Crippen LogP contribution in [0.5, 0.6) is 0 Å². The molecule has 1 aliphatic rings. The lowest BCUT2D eigenvalue weighted by molar-refractivity contribution is -0.140. The summed E-state index contributed by atoms with van der Waals surface area (Å²) in [5, 5.41) is 22.9. The Kier molecular flexibility index (Phi) is 7.40. The molecule has 1 saturated heterocycles. The molecule has 1 unspecified atom stereocenters. The maximum absolute atomic E-state index is 12.0. The minimum Gasteiger partial charge on any atom is -0.481 e. The topological polar surface area (TPSA) is 119 Å². The Labute approximate surface area is 152 Å². The number of aliphatic carboxylic acids is 2. The van der Waals surface area contributed by atoms with E-state index >= 15 is 0 Å². The second-order valence-electron chi connectivity index (χ2n) is 6.48. The Balaban J connectivity index is 1.73. The van der Waals surface area contributed by atoms with Crippen LogP contribution in [0.25, 0.3) is 0 Å². The van der Waals surface area contributed by atoms with Gasteiger partial charge in [0.15, 0.2) is 0 Å². The van der Waals surface area contributed by atoms with Gasteiger partial charge in [0.1, 0.15) is 6.04 Å². The van der Waals surface area contributed by atoms with E-state index in [1.807, 2.05) is 18.2 Å². The molecule has 8 heteroatoms. The first-order valence-electron chi connectivity index (χ1n) is 8.72. The molecule has 4 N–H and O–H groups in total. The predicted octanol–water partition coefficient (Wildman–Crippen LogP) is 1.27. The average molecular weight is 363 g/mol. The zero-order chi connectivity index (χ0) is 18.9. The van der Waals surface area contributed by atoms with Gasteiger partial charge in [-0.3, -0.25) is 9.69 Å². The Bertz CT molecular complexity index is 615. The van der Waals surface area contributed by atoms with Gasteiger partial charge in [-0.15, -0.1) is 0 Å². The number of amides is 2. The summed E-state index contributed by atoms with van der Waals surface area (Å²) in [5.41, 5.74) is 1.25. The van der Waals surface area contributed by atoms with E-state index < -0.39 is 24.0 Å². The van der Waals surface area contributed by atoms with Gasteiger partial charge in [-0.25, -0.2) is 9.59 Å². The number of hydrogen-bond donors (Lipinski definition) is 4. The van der Waals surface area contributed by atoms with Gasteiger partial charge in [-0.1, -0.05) is 30.3 Å². The third-order valence-electron chi connectivity index (χ3n) is 4.42. The first kappa shape index (κ1) is 19.7. The fraction of sp³-hybridized carbons (Fsp3) is 0.500. The summed E-state index contributed by atoms with van der Waals surface area (Å²) in [6, 6.07) is 8.39. The van der Waals surface area contributed by atoms with Gasteiger partial charge < -0.3 is 20.8 Å². The molecule has 142 valence electrons. The second-order valence-corrected chi connectivity index (χ2v) is 6.48. The van der Waals surface area contributed by atoms with Crippen molar-refractivity contribution in [1.82, 2.24) is 15.5 Å². The number of hydrogen-bond acceptors (Lipinski definition) is 4. The van der Waals surface area contributed by atoms with Crippen molar-refractivity contribution in [1.29, 1.82) is 0 Å². The van der Waals surface area contributed by atoms with E-state index in [-0.39, 0.29) is 18.9 Å². The van der Waals surface area contributed by atoms with Crippen LogP contribution in [0.3, 0.4) is 0 Å². The molecule has 8 nitrogen and oxygen atoms in total. The third kappa shape index (κ3) is 6.72. The van der Waals surface area contributed by atoms with Gasteiger partial charge in [0, 0.05) is 32.1 Å². The summed E-state index contributed by atoms with van der Waals surface area (Å²) in [6.45, 7) is 2.57. The van der Waals surface area contributed by atoms with E-state index in [2.05, 4.69) is 27.7 Å². The minimum atomic E-state index is -1.24. The number of carbonyl (C=O) groups is 3. The molecule has 1 aromatic carbocycles. The van der Waals surface area contributed by atoms with Crippen molar-refractivity contribution in [3.63, 3.8) is 0 Å². The highest BCUT2D eigenvalue weighted by Crippen LogP contribution is 2.13. The van der Waals surface area contributed by atoms with Crippen LogP contribution < -0.4 is 10.6 Å². The molecule has 0 aromatic heterocycles. The first-order valence-corrected chi connectivity index (χ1v) is 8.72. The Hall–Kier alpha value is -2.61. The summed E-state index contributed by atoms with van der Waals surface area (Å²) < 4.78 is 0. The molecule has 0 radical (unpaired) electrons. The van der Waals surface area contributed by atoms with Gasteiger partial charge in [0.25, 0.3) is 0 Å². The van der Waals surface area contributed by atoms with Crippen LogP contribution in [0.1, 0.15) is 31.2 Å². The van der Waals surface area contributed by atoms with E-state index in [0.717, 1.165) is 32.5 Å². The van der Waals surface area contributed by atoms with Crippen LogP contribution in [0.2, 0.25) is 0 Å². The summed E-state index contributed by atoms with van der Waals surface area (Å²) in [5.74, 6) is -2.33. The number of rotatable bonds is 8. The molecular weight excluding hydrogens is 338 g/mol. The molecule has 1 aromatic rings. The molecule has 1 heterocycles. The SMILES string of the molecule is O=C(O)CCC(NC(=O)NC1CCN(Cc2ccccc2)CC1)C(=O)O. The number of carbonyl (C=O) groups excluding carboxylic acids is 1. The smallest absolute Gasteiger partial charge is 0.326 e. The normalized spacial score (nSPS) is 16.6. The lowest BCUT2D eigenvalue weighted by Gasteiger charge is -2.32. The number of nitrogens with zero attached hydrogens (tertiary/aromatic N) is 1. The van der Waals surface area contributed by atoms with Gasteiger partial charge in [-0.2, -0.15) is 0 Å². The highest BCUT2D eigenvalue weighted by molar-refractivity contribution is 5.83. The highest BCUT2D eigenvalue weighted by Gasteiger charge is 2.24. The van der Waals surface area contributed by atoms with E-state index in [0.29, 0.717) is 0 Å². The fourth-order valence-electron chi connectivity index (χ4n) is 2.99. The van der Waals surface area contributed by atoms with Crippen molar-refractivity contribution < 1.29 is 24.6 Å². The molecule has 2 rings (SSSR count). The number of likely N-dealkylation sites (tertiary alicyclic amines) is 1. The number of carboxylic acid groups (broad SMARTS) is 2. The lowest BCUT2D eigenvalue weighted by Crippen LogP contribution is -2.51. The largest absolute Gasteiger partial charge is 0.481 e. The van der Waals surface area contributed by atoms with Crippen molar-refractivity contribution >= 4 is 18.0 Å². The summed E-state index contributed by atoms with van der Waals surface area (Å²) in [6.07, 6.45) is 1.11. The monoisotopic (exact) mass is 363 g/mol. The molecule has 0 aliphatic carbocycles. The summed E-state index contributed by atoms with van der Waals surface area (Å²) in [7, 11) is 0. The molecular formula is C18H25N3O5. The standard InChI is InChI=1S/C18H25N3O5/c22-16(23)7-6-15(17(24)25)20-18(26)19-14-8-10-21(11-9-14)12-13-4-2-1-3-5-13/h1-5,14-15H,6-12H2,(H,22,23)(H,24,25)(H2,19,20,26). The zero-order valence-electron chi connectivity index (χ0n) is 14.6. The average Bonchev–Trinajstić information content (AvgIpc) is 2.61. The molecule has 2 amide bonds.